The van der Waals surface area contributed by atoms with Gasteiger partial charge in [0.25, 0.3) is 0 Å². The summed E-state index contributed by atoms with van der Waals surface area (Å²) in [6.45, 7) is 0. The molecule has 0 aromatic rings. The maximum atomic E-state index is 11.0. The fourth-order valence-corrected chi connectivity index (χ4v) is 3.26. The lowest BCUT2D eigenvalue weighted by molar-refractivity contribution is -0.104. The van der Waals surface area contributed by atoms with Crippen LogP contribution < -0.4 is 0 Å². The lowest BCUT2D eigenvalue weighted by Gasteiger charge is -2.00. The van der Waals surface area contributed by atoms with Gasteiger partial charge in [0.15, 0.2) is 9.84 Å². The van der Waals surface area contributed by atoms with Gasteiger partial charge in [0.1, 0.15) is 6.29 Å². The molecular weight excluding hydrogens is 176 g/mol. The fraction of sp³-hybridized carbons (Fsp3) is 0.625. The number of aldehydes is 1. The molecule has 0 radical (unpaired) electrons. The molecule has 3 nitrogen and oxygen atoms in total. The zero-order valence-corrected chi connectivity index (χ0v) is 7.59. The van der Waals surface area contributed by atoms with E-state index in [0.717, 1.165) is 6.42 Å². The zero-order chi connectivity index (χ0) is 9.03. The van der Waals surface area contributed by atoms with E-state index >= 15 is 0 Å². The number of sulfone groups is 1. The molecule has 1 fully saturated rings. The Morgan fingerprint density at radius 3 is 2.67 bits per heavy atom. The molecule has 68 valence electrons. The van der Waals surface area contributed by atoms with Gasteiger partial charge in [-0.2, -0.15) is 0 Å². The lowest BCUT2D eigenvalue weighted by Crippen LogP contribution is -2.03. The highest BCUT2D eigenvalue weighted by Crippen LogP contribution is 2.21. The van der Waals surface area contributed by atoms with E-state index in [0.29, 0.717) is 18.5 Å². The van der Waals surface area contributed by atoms with Gasteiger partial charge >= 0.3 is 0 Å². The van der Waals surface area contributed by atoms with Crippen LogP contribution in [0, 0.1) is 5.92 Å². The summed E-state index contributed by atoms with van der Waals surface area (Å²) in [5.41, 5.74) is 0. The molecular formula is C8H12O3S. The minimum absolute atomic E-state index is 0.228. The van der Waals surface area contributed by atoms with Crippen LogP contribution in [-0.2, 0) is 14.6 Å². The van der Waals surface area contributed by atoms with Crippen molar-refractivity contribution < 1.29 is 13.2 Å². The number of rotatable bonds is 3. The lowest BCUT2D eigenvalue weighted by atomic mass is 10.1. The second-order valence-electron chi connectivity index (χ2n) is 3.07. The molecule has 0 aromatic carbocycles. The van der Waals surface area contributed by atoms with Crippen molar-refractivity contribution in [1.29, 1.82) is 0 Å². The van der Waals surface area contributed by atoms with Crippen molar-refractivity contribution in [1.82, 2.24) is 0 Å². The first-order valence-electron chi connectivity index (χ1n) is 3.95. The van der Waals surface area contributed by atoms with Crippen molar-refractivity contribution in [3.05, 3.63) is 12.2 Å². The van der Waals surface area contributed by atoms with Gasteiger partial charge in [0, 0.05) is 0 Å². The summed E-state index contributed by atoms with van der Waals surface area (Å²) in [5, 5.41) is 0. The summed E-state index contributed by atoms with van der Waals surface area (Å²) in [4.78, 5) is 9.90. The quantitative estimate of drug-likeness (QED) is 0.480. The van der Waals surface area contributed by atoms with Crippen molar-refractivity contribution >= 4 is 16.1 Å². The average Bonchev–Trinajstić information content (AvgIpc) is 2.31. The third-order valence-electron chi connectivity index (χ3n) is 2.01. The van der Waals surface area contributed by atoms with Gasteiger partial charge in [0.05, 0.1) is 11.5 Å². The third-order valence-corrected chi connectivity index (χ3v) is 3.85. The molecule has 0 aliphatic carbocycles. The maximum absolute atomic E-state index is 11.0. The van der Waals surface area contributed by atoms with Crippen LogP contribution >= 0.6 is 0 Å². The average molecular weight is 188 g/mol. The largest absolute Gasteiger partial charge is 0.299 e. The Kier molecular flexibility index (Phi) is 3.03. The molecule has 1 aliphatic heterocycles. The molecule has 12 heavy (non-hydrogen) atoms. The molecule has 0 N–H and O–H groups in total. The third kappa shape index (κ3) is 2.77. The predicted molar refractivity (Wildman–Crippen MR) is 46.6 cm³/mol. The van der Waals surface area contributed by atoms with Gasteiger partial charge in [-0.25, -0.2) is 8.42 Å². The van der Waals surface area contributed by atoms with Crippen molar-refractivity contribution in [3.63, 3.8) is 0 Å². The van der Waals surface area contributed by atoms with Crippen LogP contribution in [0.1, 0.15) is 12.8 Å². The molecule has 1 unspecified atom stereocenters. The summed E-state index contributed by atoms with van der Waals surface area (Å²) in [5.74, 6) is 0.828. The number of allylic oxidation sites excluding steroid dienone is 2. The molecule has 0 aromatic heterocycles. The number of carbonyl (C=O) groups is 1. The van der Waals surface area contributed by atoms with E-state index in [-0.39, 0.29) is 11.7 Å². The van der Waals surface area contributed by atoms with Crippen LogP contribution in [0.25, 0.3) is 0 Å². The highest BCUT2D eigenvalue weighted by molar-refractivity contribution is 7.91. The Morgan fingerprint density at radius 1 is 1.42 bits per heavy atom. The topological polar surface area (TPSA) is 51.2 Å². The fourth-order valence-electron chi connectivity index (χ4n) is 1.38. The van der Waals surface area contributed by atoms with E-state index in [1.54, 1.807) is 6.08 Å². The van der Waals surface area contributed by atoms with Crippen molar-refractivity contribution in [2.24, 2.45) is 5.92 Å². The molecule has 1 aliphatic rings. The summed E-state index contributed by atoms with van der Waals surface area (Å²) in [7, 11) is -2.75. The van der Waals surface area contributed by atoms with Gasteiger partial charge in [-0.3, -0.25) is 4.79 Å². The summed E-state index contributed by atoms with van der Waals surface area (Å²) < 4.78 is 22.0. The van der Waals surface area contributed by atoms with E-state index in [9.17, 15) is 13.2 Å². The summed E-state index contributed by atoms with van der Waals surface area (Å²) in [6, 6.07) is 0. The van der Waals surface area contributed by atoms with Crippen LogP contribution in [0.15, 0.2) is 12.2 Å². The molecule has 0 amide bonds. The highest BCUT2D eigenvalue weighted by atomic mass is 32.2. The number of carbonyl (C=O) groups excluding carboxylic acids is 1. The van der Waals surface area contributed by atoms with E-state index in [4.69, 9.17) is 0 Å². The Hall–Kier alpha value is -0.640. The Bertz CT molecular complexity index is 277. The molecule has 0 bridgehead atoms. The van der Waals surface area contributed by atoms with Gasteiger partial charge in [-0.05, 0) is 24.8 Å². The minimum atomic E-state index is -2.75. The standard InChI is InChI=1S/C8H12O3S/c9-5-2-1-3-8-4-6-12(10,11)7-8/h1-2,5,8H,3-4,6-7H2/b2-1-. The molecule has 1 rings (SSSR count). The van der Waals surface area contributed by atoms with Crippen LogP contribution in [0.5, 0.6) is 0 Å². The van der Waals surface area contributed by atoms with Crippen LogP contribution in [0.4, 0.5) is 0 Å². The number of hydrogen-bond acceptors (Lipinski definition) is 3. The van der Waals surface area contributed by atoms with E-state index < -0.39 is 9.84 Å². The Labute approximate surface area is 72.4 Å². The molecule has 4 heteroatoms. The monoisotopic (exact) mass is 188 g/mol. The number of hydrogen-bond donors (Lipinski definition) is 0. The van der Waals surface area contributed by atoms with Crippen molar-refractivity contribution in [3.8, 4) is 0 Å². The maximum Gasteiger partial charge on any atom is 0.150 e. The van der Waals surface area contributed by atoms with Crippen molar-refractivity contribution in [2.45, 2.75) is 12.8 Å². The Balaban J connectivity index is 2.38. The summed E-state index contributed by atoms with van der Waals surface area (Å²) >= 11 is 0. The van der Waals surface area contributed by atoms with Crippen molar-refractivity contribution in [2.75, 3.05) is 11.5 Å². The van der Waals surface area contributed by atoms with Gasteiger partial charge in [0.2, 0.25) is 0 Å². The SMILES string of the molecule is O=C/C=C\CC1CCS(=O)(=O)C1. The molecule has 0 saturated carbocycles. The molecule has 0 spiro atoms. The minimum Gasteiger partial charge on any atom is -0.299 e. The Morgan fingerprint density at radius 2 is 2.17 bits per heavy atom. The van der Waals surface area contributed by atoms with E-state index in [2.05, 4.69) is 0 Å². The van der Waals surface area contributed by atoms with Gasteiger partial charge < -0.3 is 0 Å². The highest BCUT2D eigenvalue weighted by Gasteiger charge is 2.26. The van der Waals surface area contributed by atoms with Crippen LogP contribution in [0.2, 0.25) is 0 Å². The van der Waals surface area contributed by atoms with E-state index in [1.807, 2.05) is 0 Å². The molecule has 1 saturated heterocycles. The molecule has 1 heterocycles. The van der Waals surface area contributed by atoms with Gasteiger partial charge in [-0.15, -0.1) is 0 Å². The second-order valence-corrected chi connectivity index (χ2v) is 5.30. The predicted octanol–water partition coefficient (Wildman–Crippen LogP) is 0.566. The first kappa shape index (κ1) is 9.45. The first-order chi connectivity index (χ1) is 5.64. The smallest absolute Gasteiger partial charge is 0.150 e. The first-order valence-corrected chi connectivity index (χ1v) is 5.77. The van der Waals surface area contributed by atoms with Crippen LogP contribution in [-0.4, -0.2) is 26.2 Å². The zero-order valence-electron chi connectivity index (χ0n) is 6.77. The van der Waals surface area contributed by atoms with Gasteiger partial charge in [-0.1, -0.05) is 6.08 Å². The summed E-state index contributed by atoms with van der Waals surface area (Å²) in [6.07, 6.45) is 5.32. The van der Waals surface area contributed by atoms with Crippen LogP contribution in [0.3, 0.4) is 0 Å². The second kappa shape index (κ2) is 3.85. The molecule has 1 atom stereocenters. The normalized spacial score (nSPS) is 27.8. The van der Waals surface area contributed by atoms with E-state index in [1.165, 1.54) is 6.08 Å².